The van der Waals surface area contributed by atoms with Crippen molar-refractivity contribution in [2.45, 2.75) is 6.18 Å². The van der Waals surface area contributed by atoms with Crippen LogP contribution in [0.1, 0.15) is 16.7 Å². The molecule has 3 heteroatoms. The van der Waals surface area contributed by atoms with Gasteiger partial charge in [-0.05, 0) is 28.8 Å². The molecule has 0 saturated carbocycles. The molecule has 0 aromatic heterocycles. The van der Waals surface area contributed by atoms with Crippen molar-refractivity contribution in [2.75, 3.05) is 0 Å². The van der Waals surface area contributed by atoms with Gasteiger partial charge in [0.25, 0.3) is 0 Å². The molecule has 0 atom stereocenters. The molecule has 0 saturated heterocycles. The molecule has 92 valence electrons. The van der Waals surface area contributed by atoms with Crippen LogP contribution >= 0.6 is 0 Å². The molecule has 2 rings (SSSR count). The largest absolute Gasteiger partial charge is 0.416 e. The van der Waals surface area contributed by atoms with E-state index in [4.69, 9.17) is 0 Å². The number of alkyl halides is 3. The molecular formula is C15H11F3. The first-order valence-corrected chi connectivity index (χ1v) is 5.40. The van der Waals surface area contributed by atoms with Crippen LogP contribution in [0.25, 0.3) is 5.57 Å². The van der Waals surface area contributed by atoms with Crippen molar-refractivity contribution < 1.29 is 13.2 Å². The van der Waals surface area contributed by atoms with Crippen molar-refractivity contribution in [2.24, 2.45) is 0 Å². The van der Waals surface area contributed by atoms with Gasteiger partial charge in [0.15, 0.2) is 0 Å². The highest BCUT2D eigenvalue weighted by Gasteiger charge is 2.30. The maximum atomic E-state index is 12.6. The van der Waals surface area contributed by atoms with Crippen LogP contribution in [0.3, 0.4) is 0 Å². The smallest absolute Gasteiger partial charge is 0.166 e. The lowest BCUT2D eigenvalue weighted by Gasteiger charge is -2.10. The highest BCUT2D eigenvalue weighted by Crippen LogP contribution is 2.31. The summed E-state index contributed by atoms with van der Waals surface area (Å²) in [5, 5.41) is 0. The second-order valence-electron chi connectivity index (χ2n) is 3.92. The van der Waals surface area contributed by atoms with Crippen LogP contribution in [-0.2, 0) is 6.18 Å². The van der Waals surface area contributed by atoms with Gasteiger partial charge >= 0.3 is 6.18 Å². The maximum absolute atomic E-state index is 12.6. The van der Waals surface area contributed by atoms with Gasteiger partial charge in [0.1, 0.15) is 0 Å². The van der Waals surface area contributed by atoms with Crippen molar-refractivity contribution in [3.63, 3.8) is 0 Å². The number of halogens is 3. The summed E-state index contributed by atoms with van der Waals surface area (Å²) in [6.45, 7) is 3.85. The summed E-state index contributed by atoms with van der Waals surface area (Å²) in [6.07, 6.45) is -4.33. The number of hydrogen-bond donors (Lipinski definition) is 0. The molecule has 0 fully saturated rings. The summed E-state index contributed by atoms with van der Waals surface area (Å²) in [7, 11) is 0. The standard InChI is InChI=1S/C15H11F3/c1-11(12-6-3-2-4-7-12)13-8-5-9-14(10-13)15(16,17)18/h2-10H,1H2. The first-order valence-electron chi connectivity index (χ1n) is 5.40. The van der Waals surface area contributed by atoms with E-state index in [1.807, 2.05) is 30.3 Å². The molecule has 0 unspecified atom stereocenters. The Morgan fingerprint density at radius 1 is 0.833 bits per heavy atom. The molecule has 2 aromatic carbocycles. The van der Waals surface area contributed by atoms with Crippen LogP contribution in [0.2, 0.25) is 0 Å². The minimum Gasteiger partial charge on any atom is -0.166 e. The van der Waals surface area contributed by atoms with E-state index in [9.17, 15) is 13.2 Å². The van der Waals surface area contributed by atoms with Gasteiger partial charge in [-0.1, -0.05) is 49.0 Å². The van der Waals surface area contributed by atoms with E-state index >= 15 is 0 Å². The van der Waals surface area contributed by atoms with Crippen molar-refractivity contribution in [1.29, 1.82) is 0 Å². The van der Waals surface area contributed by atoms with Gasteiger partial charge in [0, 0.05) is 0 Å². The molecule has 0 aliphatic rings. The topological polar surface area (TPSA) is 0 Å². The summed E-state index contributed by atoms with van der Waals surface area (Å²) in [5.74, 6) is 0. The Hall–Kier alpha value is -2.03. The van der Waals surface area contributed by atoms with Crippen LogP contribution in [0, 0.1) is 0 Å². The lowest BCUT2D eigenvalue weighted by molar-refractivity contribution is -0.137. The molecule has 0 bridgehead atoms. The Bertz CT molecular complexity index is 553. The quantitative estimate of drug-likeness (QED) is 0.718. The Balaban J connectivity index is 2.38. The summed E-state index contributed by atoms with van der Waals surface area (Å²) >= 11 is 0. The van der Waals surface area contributed by atoms with Crippen LogP contribution in [0.4, 0.5) is 13.2 Å². The molecule has 0 nitrogen and oxygen atoms in total. The Morgan fingerprint density at radius 3 is 2.06 bits per heavy atom. The molecule has 0 N–H and O–H groups in total. The zero-order chi connectivity index (χ0) is 13.2. The summed E-state index contributed by atoms with van der Waals surface area (Å²) in [6, 6.07) is 14.4. The van der Waals surface area contributed by atoms with E-state index in [1.54, 1.807) is 6.07 Å². The van der Waals surface area contributed by atoms with Crippen LogP contribution in [0.5, 0.6) is 0 Å². The fourth-order valence-electron chi connectivity index (χ4n) is 1.69. The molecule has 0 aliphatic heterocycles. The number of benzene rings is 2. The Labute approximate surface area is 103 Å². The fraction of sp³-hybridized carbons (Fsp3) is 0.0667. The van der Waals surface area contributed by atoms with Gasteiger partial charge in [-0.2, -0.15) is 13.2 Å². The lowest BCUT2D eigenvalue weighted by Crippen LogP contribution is -2.05. The van der Waals surface area contributed by atoms with Gasteiger partial charge in [-0.3, -0.25) is 0 Å². The Kier molecular flexibility index (Phi) is 3.24. The molecule has 0 heterocycles. The second kappa shape index (κ2) is 4.69. The fourth-order valence-corrected chi connectivity index (χ4v) is 1.69. The third kappa shape index (κ3) is 2.62. The molecule has 0 radical (unpaired) electrons. The predicted molar refractivity (Wildman–Crippen MR) is 66.0 cm³/mol. The summed E-state index contributed by atoms with van der Waals surface area (Å²) < 4.78 is 37.8. The molecule has 0 spiro atoms. The monoisotopic (exact) mass is 248 g/mol. The highest BCUT2D eigenvalue weighted by molar-refractivity contribution is 5.78. The van der Waals surface area contributed by atoms with Crippen LogP contribution in [0.15, 0.2) is 61.2 Å². The number of hydrogen-bond acceptors (Lipinski definition) is 0. The molecule has 0 aliphatic carbocycles. The van der Waals surface area contributed by atoms with Crippen molar-refractivity contribution in [1.82, 2.24) is 0 Å². The minimum absolute atomic E-state index is 0.482. The second-order valence-corrected chi connectivity index (χ2v) is 3.92. The molecule has 18 heavy (non-hydrogen) atoms. The van der Waals surface area contributed by atoms with Gasteiger partial charge < -0.3 is 0 Å². The molecule has 2 aromatic rings. The van der Waals surface area contributed by atoms with Crippen LogP contribution in [-0.4, -0.2) is 0 Å². The average Bonchev–Trinajstić information content (AvgIpc) is 2.38. The zero-order valence-corrected chi connectivity index (χ0v) is 9.54. The maximum Gasteiger partial charge on any atom is 0.416 e. The van der Waals surface area contributed by atoms with E-state index in [1.165, 1.54) is 6.07 Å². The zero-order valence-electron chi connectivity index (χ0n) is 9.54. The first-order chi connectivity index (χ1) is 8.48. The van der Waals surface area contributed by atoms with Gasteiger partial charge in [-0.25, -0.2) is 0 Å². The third-order valence-electron chi connectivity index (χ3n) is 2.66. The normalized spacial score (nSPS) is 11.3. The SMILES string of the molecule is C=C(c1ccccc1)c1cccc(C(F)(F)F)c1. The van der Waals surface area contributed by atoms with Crippen molar-refractivity contribution >= 4 is 5.57 Å². The summed E-state index contributed by atoms with van der Waals surface area (Å²) in [5.41, 5.74) is 1.23. The highest BCUT2D eigenvalue weighted by atomic mass is 19.4. The van der Waals surface area contributed by atoms with E-state index in [-0.39, 0.29) is 0 Å². The minimum atomic E-state index is -4.33. The van der Waals surface area contributed by atoms with Gasteiger partial charge in [-0.15, -0.1) is 0 Å². The van der Waals surface area contributed by atoms with E-state index < -0.39 is 11.7 Å². The summed E-state index contributed by atoms with van der Waals surface area (Å²) in [4.78, 5) is 0. The van der Waals surface area contributed by atoms with Crippen molar-refractivity contribution in [3.8, 4) is 0 Å². The third-order valence-corrected chi connectivity index (χ3v) is 2.66. The lowest BCUT2D eigenvalue weighted by atomic mass is 9.98. The molecule has 0 amide bonds. The Morgan fingerprint density at radius 2 is 1.44 bits per heavy atom. The van der Waals surface area contributed by atoms with E-state index in [0.29, 0.717) is 11.1 Å². The van der Waals surface area contributed by atoms with Gasteiger partial charge in [0.2, 0.25) is 0 Å². The average molecular weight is 248 g/mol. The first kappa shape index (κ1) is 12.4. The van der Waals surface area contributed by atoms with E-state index in [0.717, 1.165) is 17.7 Å². The predicted octanol–water partition coefficient (Wildman–Crippen LogP) is 4.77. The van der Waals surface area contributed by atoms with E-state index in [2.05, 4.69) is 6.58 Å². The van der Waals surface area contributed by atoms with Crippen molar-refractivity contribution in [3.05, 3.63) is 77.9 Å². The van der Waals surface area contributed by atoms with Crippen LogP contribution < -0.4 is 0 Å². The molecular weight excluding hydrogens is 237 g/mol. The van der Waals surface area contributed by atoms with Gasteiger partial charge in [0.05, 0.1) is 5.56 Å². The number of rotatable bonds is 2.